The van der Waals surface area contributed by atoms with Crippen molar-refractivity contribution in [1.82, 2.24) is 0 Å². The van der Waals surface area contributed by atoms with Crippen molar-refractivity contribution in [2.24, 2.45) is 10.3 Å². The lowest BCUT2D eigenvalue weighted by Gasteiger charge is -2.07. The molecule has 0 fully saturated rings. The minimum Gasteiger partial charge on any atom is -0.480 e. The Bertz CT molecular complexity index is 834. The second-order valence-electron chi connectivity index (χ2n) is 5.21. The van der Waals surface area contributed by atoms with E-state index in [0.717, 1.165) is 17.5 Å². The molecule has 0 heterocycles. The highest BCUT2D eigenvalue weighted by Crippen LogP contribution is 2.25. The van der Waals surface area contributed by atoms with Gasteiger partial charge < -0.3 is 14.4 Å². The molecule has 0 amide bonds. The van der Waals surface area contributed by atoms with E-state index in [2.05, 4.69) is 15.1 Å². The van der Waals surface area contributed by atoms with Crippen LogP contribution in [0.3, 0.4) is 0 Å². The van der Waals surface area contributed by atoms with Crippen molar-refractivity contribution < 1.29 is 24.0 Å². The topological polar surface area (TPSA) is 86.6 Å². The number of oxime groups is 2. The number of nitrogens with zero attached hydrogens (tertiary/aromatic N) is 2. The number of carbonyl (C=O) groups is 2. The van der Waals surface area contributed by atoms with E-state index >= 15 is 0 Å². The molecule has 2 aromatic rings. The van der Waals surface area contributed by atoms with Gasteiger partial charge in [0.2, 0.25) is 0 Å². The van der Waals surface area contributed by atoms with Crippen molar-refractivity contribution in [3.8, 4) is 5.75 Å². The van der Waals surface area contributed by atoms with Gasteiger partial charge in [-0.1, -0.05) is 59.2 Å². The van der Waals surface area contributed by atoms with Crippen molar-refractivity contribution in [3.63, 3.8) is 0 Å². The Hall–Kier alpha value is -3.19. The highest BCUT2D eigenvalue weighted by Gasteiger charge is 2.07. The lowest BCUT2D eigenvalue weighted by atomic mass is 10.2. The Morgan fingerprint density at radius 1 is 1.07 bits per heavy atom. The van der Waals surface area contributed by atoms with Gasteiger partial charge in [-0.2, -0.15) is 0 Å². The number of hydrogen-bond donors (Lipinski definition) is 0. The van der Waals surface area contributed by atoms with Gasteiger partial charge in [-0.25, -0.2) is 4.79 Å². The number of halogens is 1. The Kier molecular flexibility index (Phi) is 7.99. The lowest BCUT2D eigenvalue weighted by molar-refractivity contribution is -0.145. The zero-order chi connectivity index (χ0) is 19.5. The van der Waals surface area contributed by atoms with Gasteiger partial charge in [0.15, 0.2) is 6.61 Å². The summed E-state index contributed by atoms with van der Waals surface area (Å²) >= 11 is 6.09. The normalized spacial score (nSPS) is 10.9. The number of carbonyl (C=O) groups excluding carboxylic acids is 2. The van der Waals surface area contributed by atoms with E-state index in [4.69, 9.17) is 21.2 Å². The molecule has 0 radical (unpaired) electrons. The summed E-state index contributed by atoms with van der Waals surface area (Å²) in [5.41, 5.74) is 2.51. The second kappa shape index (κ2) is 10.7. The van der Waals surface area contributed by atoms with Crippen LogP contribution < -0.4 is 4.74 Å². The van der Waals surface area contributed by atoms with Gasteiger partial charge in [0.1, 0.15) is 5.75 Å². The maximum atomic E-state index is 11.7. The van der Waals surface area contributed by atoms with Crippen LogP contribution in [0.2, 0.25) is 5.02 Å². The fourth-order valence-electron chi connectivity index (χ4n) is 1.97. The SMILES string of the molecule is CCc1ccc(OCC(=O)O/N=C/c2ccc(/C=N/OC=O)cc2)c(Cl)c1. The molecule has 7 nitrogen and oxygen atoms in total. The first kappa shape index (κ1) is 20.1. The first-order valence-electron chi connectivity index (χ1n) is 7.99. The predicted octanol–water partition coefficient (Wildman–Crippen LogP) is 3.37. The fourth-order valence-corrected chi connectivity index (χ4v) is 2.23. The molecule has 2 rings (SSSR count). The van der Waals surface area contributed by atoms with Crippen LogP contribution >= 0.6 is 11.6 Å². The summed E-state index contributed by atoms with van der Waals surface area (Å²) in [6.07, 6.45) is 3.62. The van der Waals surface area contributed by atoms with Crippen molar-refractivity contribution in [2.45, 2.75) is 13.3 Å². The molecule has 8 heteroatoms. The third kappa shape index (κ3) is 6.91. The monoisotopic (exact) mass is 388 g/mol. The first-order valence-corrected chi connectivity index (χ1v) is 8.37. The third-order valence-corrected chi connectivity index (χ3v) is 3.64. The minimum atomic E-state index is -0.656. The van der Waals surface area contributed by atoms with Crippen LogP contribution in [0.5, 0.6) is 5.75 Å². The van der Waals surface area contributed by atoms with Gasteiger partial charge in [0.05, 0.1) is 17.5 Å². The summed E-state index contributed by atoms with van der Waals surface area (Å²) in [6, 6.07) is 12.3. The van der Waals surface area contributed by atoms with E-state index < -0.39 is 5.97 Å². The Morgan fingerprint density at radius 2 is 1.74 bits per heavy atom. The van der Waals surface area contributed by atoms with E-state index in [0.29, 0.717) is 16.3 Å². The van der Waals surface area contributed by atoms with Crippen LogP contribution in [0.25, 0.3) is 0 Å². The van der Waals surface area contributed by atoms with Crippen molar-refractivity contribution in [1.29, 1.82) is 0 Å². The Labute approximate surface area is 161 Å². The largest absolute Gasteiger partial charge is 0.480 e. The third-order valence-electron chi connectivity index (χ3n) is 3.35. The van der Waals surface area contributed by atoms with E-state index in [1.165, 1.54) is 12.4 Å². The summed E-state index contributed by atoms with van der Waals surface area (Å²) < 4.78 is 5.33. The fraction of sp³-hybridized carbons (Fsp3) is 0.158. The standard InChI is InChI=1S/C19H17ClN2O5/c1-2-14-7-8-18(17(20)9-14)25-12-19(24)27-22-11-16-5-3-15(4-6-16)10-21-26-13-23/h3-11,13H,2,12H2,1H3/b21-10+,22-11+. The molecule has 0 aromatic heterocycles. The maximum absolute atomic E-state index is 11.7. The lowest BCUT2D eigenvalue weighted by Crippen LogP contribution is -2.12. The van der Waals surface area contributed by atoms with Crippen molar-refractivity contribution in [2.75, 3.05) is 6.61 Å². The molecule has 0 saturated heterocycles. The number of benzene rings is 2. The number of aryl methyl sites for hydroxylation is 1. The molecule has 0 saturated carbocycles. The predicted molar refractivity (Wildman–Crippen MR) is 101 cm³/mol. The second-order valence-corrected chi connectivity index (χ2v) is 5.61. The van der Waals surface area contributed by atoms with Crippen LogP contribution in [-0.4, -0.2) is 31.5 Å². The van der Waals surface area contributed by atoms with E-state index in [-0.39, 0.29) is 13.1 Å². The summed E-state index contributed by atoms with van der Waals surface area (Å²) in [7, 11) is 0. The average molecular weight is 389 g/mol. The highest BCUT2D eigenvalue weighted by atomic mass is 35.5. The zero-order valence-corrected chi connectivity index (χ0v) is 15.3. The number of ether oxygens (including phenoxy) is 1. The average Bonchev–Trinajstić information content (AvgIpc) is 2.68. The molecule has 0 atom stereocenters. The summed E-state index contributed by atoms with van der Waals surface area (Å²) in [5, 5.41) is 7.47. The van der Waals surface area contributed by atoms with E-state index in [9.17, 15) is 9.59 Å². The van der Waals surface area contributed by atoms with Gasteiger partial charge in [0.25, 0.3) is 0 Å². The van der Waals surface area contributed by atoms with Gasteiger partial charge in [-0.05, 0) is 35.2 Å². The van der Waals surface area contributed by atoms with E-state index in [1.807, 2.05) is 13.0 Å². The van der Waals surface area contributed by atoms with Crippen LogP contribution in [0.4, 0.5) is 0 Å². The summed E-state index contributed by atoms with van der Waals surface area (Å²) in [4.78, 5) is 30.6. The van der Waals surface area contributed by atoms with Crippen LogP contribution in [0.1, 0.15) is 23.6 Å². The Morgan fingerprint density at radius 3 is 2.33 bits per heavy atom. The summed E-state index contributed by atoms with van der Waals surface area (Å²) in [6.45, 7) is 1.93. The van der Waals surface area contributed by atoms with Crippen LogP contribution in [-0.2, 0) is 25.7 Å². The number of rotatable bonds is 9. The van der Waals surface area contributed by atoms with Gasteiger partial charge in [-0.3, -0.25) is 4.79 Å². The maximum Gasteiger partial charge on any atom is 0.372 e. The molecule has 0 N–H and O–H groups in total. The van der Waals surface area contributed by atoms with Crippen molar-refractivity contribution in [3.05, 3.63) is 64.2 Å². The molecule has 0 bridgehead atoms. The quantitative estimate of drug-likeness (QED) is 0.284. The van der Waals surface area contributed by atoms with Gasteiger partial charge >= 0.3 is 12.4 Å². The number of hydrogen-bond acceptors (Lipinski definition) is 7. The van der Waals surface area contributed by atoms with E-state index in [1.54, 1.807) is 36.4 Å². The minimum absolute atomic E-state index is 0.226. The smallest absolute Gasteiger partial charge is 0.372 e. The molecule has 0 unspecified atom stereocenters. The molecule has 2 aromatic carbocycles. The molecule has 0 aliphatic rings. The molecule has 0 aliphatic carbocycles. The molecular formula is C19H17ClN2O5. The molecular weight excluding hydrogens is 372 g/mol. The zero-order valence-electron chi connectivity index (χ0n) is 14.5. The molecule has 0 aliphatic heterocycles. The van der Waals surface area contributed by atoms with Gasteiger partial charge in [0, 0.05) is 0 Å². The molecule has 27 heavy (non-hydrogen) atoms. The first-order chi connectivity index (χ1) is 13.1. The van der Waals surface area contributed by atoms with Gasteiger partial charge in [-0.15, -0.1) is 0 Å². The van der Waals surface area contributed by atoms with Crippen LogP contribution in [0.15, 0.2) is 52.8 Å². The van der Waals surface area contributed by atoms with Crippen LogP contribution in [0, 0.1) is 0 Å². The Balaban J connectivity index is 1.80. The highest BCUT2D eigenvalue weighted by molar-refractivity contribution is 6.32. The van der Waals surface area contributed by atoms with Crippen molar-refractivity contribution >= 4 is 36.5 Å². The molecule has 0 spiro atoms. The summed E-state index contributed by atoms with van der Waals surface area (Å²) in [5.74, 6) is -0.248. The molecule has 140 valence electrons.